The van der Waals surface area contributed by atoms with E-state index in [1.54, 1.807) is 0 Å². The molecule has 0 saturated heterocycles. The standard InChI is InChI=1S/C18H30N2O/c1-14(19-12-7-13-20(5)6)17(21)15-8-10-16(11-9-15)18(2,3)4/h8-11,14,19H,7,12-13H2,1-6H3. The lowest BCUT2D eigenvalue weighted by Crippen LogP contribution is -2.35. The quantitative estimate of drug-likeness (QED) is 0.618. The van der Waals surface area contributed by atoms with Crippen LogP contribution in [0.1, 0.15) is 50.0 Å². The lowest BCUT2D eigenvalue weighted by Gasteiger charge is -2.19. The molecule has 3 nitrogen and oxygen atoms in total. The molecule has 0 amide bonds. The predicted octanol–water partition coefficient (Wildman–Crippen LogP) is 3.10. The van der Waals surface area contributed by atoms with Crippen molar-refractivity contribution >= 4 is 5.78 Å². The minimum atomic E-state index is -0.132. The van der Waals surface area contributed by atoms with Gasteiger partial charge in [0, 0.05) is 5.56 Å². The molecule has 1 aromatic rings. The number of hydrogen-bond donors (Lipinski definition) is 1. The second kappa shape index (κ2) is 7.71. The lowest BCUT2D eigenvalue weighted by molar-refractivity contribution is 0.0950. The molecule has 1 unspecified atom stereocenters. The van der Waals surface area contributed by atoms with E-state index in [0.717, 1.165) is 25.1 Å². The van der Waals surface area contributed by atoms with Crippen LogP contribution < -0.4 is 5.32 Å². The first-order chi connectivity index (χ1) is 9.71. The second-order valence-electron chi connectivity index (χ2n) is 7.02. The average Bonchev–Trinajstić information content (AvgIpc) is 2.41. The molecular formula is C18H30N2O. The molecule has 1 rings (SSSR count). The molecule has 0 aliphatic heterocycles. The SMILES string of the molecule is CC(NCCCN(C)C)C(=O)c1ccc(C(C)(C)C)cc1. The molecule has 0 aliphatic carbocycles. The van der Waals surface area contributed by atoms with Gasteiger partial charge in [-0.2, -0.15) is 0 Å². The Kier molecular flexibility index (Phi) is 6.56. The highest BCUT2D eigenvalue weighted by Gasteiger charge is 2.17. The molecule has 1 atom stereocenters. The molecule has 1 N–H and O–H groups in total. The Morgan fingerprint density at radius 2 is 1.76 bits per heavy atom. The van der Waals surface area contributed by atoms with Crippen LogP contribution in [0, 0.1) is 0 Å². The van der Waals surface area contributed by atoms with Crippen LogP contribution in [0.3, 0.4) is 0 Å². The fourth-order valence-electron chi connectivity index (χ4n) is 2.19. The number of benzene rings is 1. The number of Topliss-reactive ketones (excluding diaryl/α,β-unsaturated/α-hetero) is 1. The summed E-state index contributed by atoms with van der Waals surface area (Å²) in [6, 6.07) is 7.88. The summed E-state index contributed by atoms with van der Waals surface area (Å²) in [5, 5.41) is 3.30. The van der Waals surface area contributed by atoms with E-state index in [1.807, 2.05) is 19.1 Å². The van der Waals surface area contributed by atoms with Crippen LogP contribution in [0.2, 0.25) is 0 Å². The van der Waals surface area contributed by atoms with Crippen molar-refractivity contribution in [3.63, 3.8) is 0 Å². The zero-order valence-electron chi connectivity index (χ0n) is 14.4. The van der Waals surface area contributed by atoms with Crippen molar-refractivity contribution in [3.05, 3.63) is 35.4 Å². The Hall–Kier alpha value is -1.19. The smallest absolute Gasteiger partial charge is 0.179 e. The highest BCUT2D eigenvalue weighted by Crippen LogP contribution is 2.22. The van der Waals surface area contributed by atoms with Crippen molar-refractivity contribution in [2.24, 2.45) is 0 Å². The summed E-state index contributed by atoms with van der Waals surface area (Å²) in [7, 11) is 4.12. The van der Waals surface area contributed by atoms with Crippen LogP contribution in [-0.2, 0) is 5.41 Å². The summed E-state index contributed by atoms with van der Waals surface area (Å²) in [6.45, 7) is 10.4. The van der Waals surface area contributed by atoms with Crippen LogP contribution in [0.15, 0.2) is 24.3 Å². The summed E-state index contributed by atoms with van der Waals surface area (Å²) >= 11 is 0. The molecule has 0 saturated carbocycles. The van der Waals surface area contributed by atoms with E-state index in [-0.39, 0.29) is 17.2 Å². The molecule has 118 valence electrons. The van der Waals surface area contributed by atoms with Gasteiger partial charge in [-0.15, -0.1) is 0 Å². The molecule has 0 radical (unpaired) electrons. The zero-order valence-corrected chi connectivity index (χ0v) is 14.4. The van der Waals surface area contributed by atoms with Crippen LogP contribution in [0.4, 0.5) is 0 Å². The zero-order chi connectivity index (χ0) is 16.0. The van der Waals surface area contributed by atoms with Crippen LogP contribution in [0.5, 0.6) is 0 Å². The van der Waals surface area contributed by atoms with E-state index in [4.69, 9.17) is 0 Å². The Balaban J connectivity index is 2.54. The third-order valence-corrected chi connectivity index (χ3v) is 3.66. The number of rotatable bonds is 7. The highest BCUT2D eigenvalue weighted by atomic mass is 16.1. The highest BCUT2D eigenvalue weighted by molar-refractivity contribution is 5.99. The first-order valence-corrected chi connectivity index (χ1v) is 7.74. The molecule has 1 aromatic carbocycles. The lowest BCUT2D eigenvalue weighted by atomic mass is 9.86. The molecule has 0 aliphatic rings. The van der Waals surface area contributed by atoms with Gasteiger partial charge in [0.25, 0.3) is 0 Å². The first kappa shape index (κ1) is 17.9. The molecule has 0 bridgehead atoms. The maximum Gasteiger partial charge on any atom is 0.179 e. The minimum absolute atomic E-state index is 0.123. The van der Waals surface area contributed by atoms with Crippen LogP contribution >= 0.6 is 0 Å². The van der Waals surface area contributed by atoms with Gasteiger partial charge in [-0.25, -0.2) is 0 Å². The van der Waals surface area contributed by atoms with E-state index >= 15 is 0 Å². The molecular weight excluding hydrogens is 260 g/mol. The molecule has 0 fully saturated rings. The van der Waals surface area contributed by atoms with Crippen LogP contribution in [-0.4, -0.2) is 43.9 Å². The Morgan fingerprint density at radius 3 is 2.24 bits per heavy atom. The summed E-state index contributed by atoms with van der Waals surface area (Å²) < 4.78 is 0. The third kappa shape index (κ3) is 5.98. The summed E-state index contributed by atoms with van der Waals surface area (Å²) in [5.41, 5.74) is 2.17. The Morgan fingerprint density at radius 1 is 1.19 bits per heavy atom. The van der Waals surface area contributed by atoms with Gasteiger partial charge in [-0.05, 0) is 51.5 Å². The number of hydrogen-bond acceptors (Lipinski definition) is 3. The van der Waals surface area contributed by atoms with E-state index in [2.05, 4.69) is 57.2 Å². The first-order valence-electron chi connectivity index (χ1n) is 7.74. The van der Waals surface area contributed by atoms with Crippen molar-refractivity contribution < 1.29 is 4.79 Å². The van der Waals surface area contributed by atoms with E-state index in [0.29, 0.717) is 0 Å². The van der Waals surface area contributed by atoms with Gasteiger partial charge >= 0.3 is 0 Å². The fraction of sp³-hybridized carbons (Fsp3) is 0.611. The topological polar surface area (TPSA) is 32.3 Å². The number of ketones is 1. The number of nitrogens with one attached hydrogen (secondary N) is 1. The summed E-state index contributed by atoms with van der Waals surface area (Å²) in [4.78, 5) is 14.5. The Labute approximate surface area is 129 Å². The number of carbonyl (C=O) groups excluding carboxylic acids is 1. The maximum atomic E-state index is 12.4. The van der Waals surface area contributed by atoms with Gasteiger partial charge in [0.15, 0.2) is 5.78 Å². The largest absolute Gasteiger partial charge is 0.309 e. The number of nitrogens with zero attached hydrogens (tertiary/aromatic N) is 1. The second-order valence-corrected chi connectivity index (χ2v) is 7.02. The molecule has 0 spiro atoms. The summed E-state index contributed by atoms with van der Waals surface area (Å²) in [6.07, 6.45) is 1.05. The van der Waals surface area contributed by atoms with Gasteiger partial charge in [0.1, 0.15) is 0 Å². The predicted molar refractivity (Wildman–Crippen MR) is 90.1 cm³/mol. The molecule has 0 aromatic heterocycles. The van der Waals surface area contributed by atoms with E-state index in [1.165, 1.54) is 5.56 Å². The van der Waals surface area contributed by atoms with Gasteiger partial charge < -0.3 is 10.2 Å². The molecule has 3 heteroatoms. The van der Waals surface area contributed by atoms with Gasteiger partial charge in [0.05, 0.1) is 6.04 Å². The third-order valence-electron chi connectivity index (χ3n) is 3.66. The van der Waals surface area contributed by atoms with Crippen molar-refractivity contribution in [1.82, 2.24) is 10.2 Å². The Bertz CT molecular complexity index is 443. The normalized spacial score (nSPS) is 13.5. The minimum Gasteiger partial charge on any atom is -0.309 e. The fourth-order valence-corrected chi connectivity index (χ4v) is 2.19. The van der Waals surface area contributed by atoms with Crippen molar-refractivity contribution in [2.75, 3.05) is 27.2 Å². The van der Waals surface area contributed by atoms with E-state index < -0.39 is 0 Å². The summed E-state index contributed by atoms with van der Waals surface area (Å²) in [5.74, 6) is 0.167. The number of carbonyl (C=O) groups is 1. The van der Waals surface area contributed by atoms with Crippen molar-refractivity contribution in [3.8, 4) is 0 Å². The maximum absolute atomic E-state index is 12.4. The van der Waals surface area contributed by atoms with Gasteiger partial charge in [0.2, 0.25) is 0 Å². The average molecular weight is 290 g/mol. The van der Waals surface area contributed by atoms with Gasteiger partial charge in [-0.3, -0.25) is 4.79 Å². The van der Waals surface area contributed by atoms with Crippen molar-refractivity contribution in [2.45, 2.75) is 45.6 Å². The van der Waals surface area contributed by atoms with Crippen molar-refractivity contribution in [1.29, 1.82) is 0 Å². The van der Waals surface area contributed by atoms with E-state index in [9.17, 15) is 4.79 Å². The van der Waals surface area contributed by atoms with Gasteiger partial charge in [-0.1, -0.05) is 45.0 Å². The van der Waals surface area contributed by atoms with Crippen LogP contribution in [0.25, 0.3) is 0 Å². The monoisotopic (exact) mass is 290 g/mol. The molecule has 21 heavy (non-hydrogen) atoms. The molecule has 0 heterocycles.